The van der Waals surface area contributed by atoms with Crippen LogP contribution < -0.4 is 10.7 Å². The van der Waals surface area contributed by atoms with Gasteiger partial charge in [-0.05, 0) is 39.0 Å². The Morgan fingerprint density at radius 2 is 2.00 bits per heavy atom. The zero-order valence-electron chi connectivity index (χ0n) is 14.4. The molecule has 2 heterocycles. The summed E-state index contributed by atoms with van der Waals surface area (Å²) in [6.07, 6.45) is 0. The molecule has 0 aliphatic heterocycles. The molecule has 0 aliphatic rings. The van der Waals surface area contributed by atoms with E-state index in [0.29, 0.717) is 23.4 Å². The SMILES string of the molecule is CCn1nc(C(=O)Nc2c(C)nn(C)c2C)c(=O)c2cc(F)ccc21. The summed E-state index contributed by atoms with van der Waals surface area (Å²) < 4.78 is 16.7. The maximum Gasteiger partial charge on any atom is 0.280 e. The number of hydrogen-bond donors (Lipinski definition) is 1. The van der Waals surface area contributed by atoms with E-state index in [1.807, 2.05) is 13.8 Å². The topological polar surface area (TPSA) is 81.8 Å². The van der Waals surface area contributed by atoms with E-state index in [2.05, 4.69) is 15.5 Å². The predicted molar refractivity (Wildman–Crippen MR) is 92.3 cm³/mol. The van der Waals surface area contributed by atoms with Gasteiger partial charge in [-0.2, -0.15) is 10.2 Å². The van der Waals surface area contributed by atoms with Gasteiger partial charge < -0.3 is 5.32 Å². The lowest BCUT2D eigenvalue weighted by molar-refractivity contribution is 0.101. The summed E-state index contributed by atoms with van der Waals surface area (Å²) in [5, 5.41) is 11.2. The summed E-state index contributed by atoms with van der Waals surface area (Å²) >= 11 is 0. The van der Waals surface area contributed by atoms with Crippen molar-refractivity contribution in [3.63, 3.8) is 0 Å². The number of aromatic nitrogens is 4. The normalized spacial score (nSPS) is 11.1. The van der Waals surface area contributed by atoms with Crippen LogP contribution in [0.1, 0.15) is 28.8 Å². The van der Waals surface area contributed by atoms with Crippen LogP contribution >= 0.6 is 0 Å². The van der Waals surface area contributed by atoms with Gasteiger partial charge in [0.05, 0.1) is 28.0 Å². The number of nitrogens with zero attached hydrogens (tertiary/aromatic N) is 4. The van der Waals surface area contributed by atoms with Crippen LogP contribution in [0.5, 0.6) is 0 Å². The van der Waals surface area contributed by atoms with Crippen LogP contribution in [0.2, 0.25) is 0 Å². The number of carbonyl (C=O) groups excluding carboxylic acids is 1. The Hall–Kier alpha value is -3.03. The Kier molecular flexibility index (Phi) is 4.12. The number of amides is 1. The summed E-state index contributed by atoms with van der Waals surface area (Å²) in [6, 6.07) is 3.88. The number of benzene rings is 1. The molecule has 0 saturated carbocycles. The number of aryl methyl sites for hydroxylation is 3. The second-order valence-electron chi connectivity index (χ2n) is 5.78. The average Bonchev–Trinajstić information content (AvgIpc) is 2.81. The fraction of sp³-hybridized carbons (Fsp3) is 0.294. The molecule has 1 amide bonds. The van der Waals surface area contributed by atoms with Crippen molar-refractivity contribution in [2.24, 2.45) is 7.05 Å². The molecule has 1 N–H and O–H groups in total. The second kappa shape index (κ2) is 6.12. The lowest BCUT2D eigenvalue weighted by Crippen LogP contribution is -2.27. The first-order valence-corrected chi connectivity index (χ1v) is 7.85. The number of fused-ring (bicyclic) bond motifs is 1. The number of halogens is 1. The molecular weight excluding hydrogens is 325 g/mol. The first-order valence-electron chi connectivity index (χ1n) is 7.85. The predicted octanol–water partition coefficient (Wildman–Crippen LogP) is 2.16. The number of nitrogens with one attached hydrogen (secondary N) is 1. The fourth-order valence-corrected chi connectivity index (χ4v) is 2.78. The molecule has 0 bridgehead atoms. The maximum atomic E-state index is 13.6. The highest BCUT2D eigenvalue weighted by atomic mass is 19.1. The van der Waals surface area contributed by atoms with E-state index in [1.165, 1.54) is 16.8 Å². The van der Waals surface area contributed by atoms with Crippen LogP contribution in [0.25, 0.3) is 10.9 Å². The molecule has 2 aromatic heterocycles. The molecule has 25 heavy (non-hydrogen) atoms. The molecule has 3 aromatic rings. The highest BCUT2D eigenvalue weighted by molar-refractivity contribution is 6.04. The minimum Gasteiger partial charge on any atom is -0.317 e. The Labute approximate surface area is 143 Å². The summed E-state index contributed by atoms with van der Waals surface area (Å²) in [5.74, 6) is -1.18. The van der Waals surface area contributed by atoms with Crippen molar-refractivity contribution in [2.45, 2.75) is 27.3 Å². The highest BCUT2D eigenvalue weighted by Crippen LogP contribution is 2.19. The van der Waals surface area contributed by atoms with Crippen LogP contribution in [0, 0.1) is 19.7 Å². The molecule has 130 valence electrons. The zero-order valence-corrected chi connectivity index (χ0v) is 14.4. The standard InChI is InChI=1S/C17H18FN5O2/c1-5-23-13-7-6-11(18)8-12(13)16(24)15(21-23)17(25)19-14-9(2)20-22(4)10(14)3/h6-8H,5H2,1-4H3,(H,19,25). The van der Waals surface area contributed by atoms with Crippen molar-refractivity contribution in [1.29, 1.82) is 0 Å². The molecule has 1 aromatic carbocycles. The van der Waals surface area contributed by atoms with Crippen LogP contribution in [-0.2, 0) is 13.6 Å². The molecule has 0 aliphatic carbocycles. The Bertz CT molecular complexity index is 1050. The van der Waals surface area contributed by atoms with Crippen molar-refractivity contribution in [3.05, 3.63) is 51.3 Å². The zero-order chi connectivity index (χ0) is 18.3. The van der Waals surface area contributed by atoms with E-state index in [0.717, 1.165) is 11.8 Å². The summed E-state index contributed by atoms with van der Waals surface area (Å²) in [4.78, 5) is 25.3. The van der Waals surface area contributed by atoms with Crippen molar-refractivity contribution >= 4 is 22.5 Å². The number of rotatable bonds is 3. The number of carbonyl (C=O) groups is 1. The first kappa shape index (κ1) is 16.8. The van der Waals surface area contributed by atoms with E-state index < -0.39 is 17.2 Å². The molecule has 8 heteroatoms. The maximum absolute atomic E-state index is 13.6. The molecule has 7 nitrogen and oxygen atoms in total. The van der Waals surface area contributed by atoms with Gasteiger partial charge in [0.25, 0.3) is 5.91 Å². The number of anilines is 1. The van der Waals surface area contributed by atoms with Crippen LogP contribution in [-0.4, -0.2) is 25.5 Å². The minimum atomic E-state index is -0.641. The van der Waals surface area contributed by atoms with Gasteiger partial charge in [-0.3, -0.25) is 19.0 Å². The van der Waals surface area contributed by atoms with E-state index in [4.69, 9.17) is 0 Å². The van der Waals surface area contributed by atoms with Gasteiger partial charge in [0, 0.05) is 13.6 Å². The first-order chi connectivity index (χ1) is 11.8. The molecule has 0 unspecified atom stereocenters. The lowest BCUT2D eigenvalue weighted by Gasteiger charge is -2.10. The van der Waals surface area contributed by atoms with Gasteiger partial charge in [0.2, 0.25) is 5.43 Å². The Balaban J connectivity index is 2.13. The quantitative estimate of drug-likeness (QED) is 0.790. The monoisotopic (exact) mass is 343 g/mol. The molecule has 0 spiro atoms. The van der Waals surface area contributed by atoms with E-state index >= 15 is 0 Å². The van der Waals surface area contributed by atoms with Crippen molar-refractivity contribution in [3.8, 4) is 0 Å². The third kappa shape index (κ3) is 2.79. The van der Waals surface area contributed by atoms with Gasteiger partial charge >= 0.3 is 0 Å². The van der Waals surface area contributed by atoms with Gasteiger partial charge in [-0.25, -0.2) is 4.39 Å². The van der Waals surface area contributed by atoms with Crippen molar-refractivity contribution in [2.75, 3.05) is 5.32 Å². The van der Waals surface area contributed by atoms with Gasteiger partial charge in [-0.15, -0.1) is 0 Å². The smallest absolute Gasteiger partial charge is 0.280 e. The van der Waals surface area contributed by atoms with E-state index in [9.17, 15) is 14.0 Å². The Morgan fingerprint density at radius 3 is 2.60 bits per heavy atom. The second-order valence-corrected chi connectivity index (χ2v) is 5.78. The van der Waals surface area contributed by atoms with Crippen molar-refractivity contribution < 1.29 is 9.18 Å². The van der Waals surface area contributed by atoms with Crippen LogP contribution in [0.15, 0.2) is 23.0 Å². The fourth-order valence-electron chi connectivity index (χ4n) is 2.78. The Morgan fingerprint density at radius 1 is 1.28 bits per heavy atom. The molecule has 0 saturated heterocycles. The number of hydrogen-bond acceptors (Lipinski definition) is 4. The van der Waals surface area contributed by atoms with Crippen LogP contribution in [0.3, 0.4) is 0 Å². The summed E-state index contributed by atoms with van der Waals surface area (Å²) in [7, 11) is 1.76. The van der Waals surface area contributed by atoms with Crippen LogP contribution in [0.4, 0.5) is 10.1 Å². The summed E-state index contributed by atoms with van der Waals surface area (Å²) in [5.41, 5.74) is 1.54. The molecule has 0 atom stereocenters. The third-order valence-electron chi connectivity index (χ3n) is 4.18. The van der Waals surface area contributed by atoms with E-state index in [1.54, 1.807) is 18.7 Å². The molecule has 0 fully saturated rings. The molecular formula is C17H18FN5O2. The molecule has 3 rings (SSSR count). The van der Waals surface area contributed by atoms with Gasteiger partial charge in [0.1, 0.15) is 5.82 Å². The van der Waals surface area contributed by atoms with Crippen molar-refractivity contribution in [1.82, 2.24) is 19.6 Å². The largest absolute Gasteiger partial charge is 0.317 e. The summed E-state index contributed by atoms with van der Waals surface area (Å²) in [6.45, 7) is 5.84. The minimum absolute atomic E-state index is 0.127. The lowest BCUT2D eigenvalue weighted by atomic mass is 10.2. The highest BCUT2D eigenvalue weighted by Gasteiger charge is 2.20. The third-order valence-corrected chi connectivity index (χ3v) is 4.18. The molecule has 0 radical (unpaired) electrons. The average molecular weight is 343 g/mol. The van der Waals surface area contributed by atoms with Gasteiger partial charge in [0.15, 0.2) is 5.69 Å². The van der Waals surface area contributed by atoms with E-state index in [-0.39, 0.29) is 11.1 Å². The van der Waals surface area contributed by atoms with Gasteiger partial charge in [-0.1, -0.05) is 0 Å².